The Morgan fingerprint density at radius 3 is 1.60 bits per heavy atom. The van der Waals surface area contributed by atoms with E-state index in [2.05, 4.69) is 16.5 Å². The quantitative estimate of drug-likeness (QED) is 0.163. The number of aromatic nitrogens is 2. The lowest BCUT2D eigenvalue weighted by Gasteiger charge is -2.19. The molecular formula is C37H31FN4O5. The van der Waals surface area contributed by atoms with Gasteiger partial charge in [0.05, 0.1) is 47.9 Å². The highest BCUT2D eigenvalue weighted by Crippen LogP contribution is 2.34. The lowest BCUT2D eigenvalue weighted by Crippen LogP contribution is -2.22. The van der Waals surface area contributed by atoms with Crippen LogP contribution in [-0.4, -0.2) is 46.0 Å². The van der Waals surface area contributed by atoms with Crippen LogP contribution in [0.1, 0.15) is 83.4 Å². The normalized spacial score (nSPS) is 12.3. The summed E-state index contributed by atoms with van der Waals surface area (Å²) in [4.78, 5) is 68.8. The zero-order valence-corrected chi connectivity index (χ0v) is 25.9. The number of aryl methyl sites for hydroxylation is 2. The molecule has 7 rings (SSSR count). The van der Waals surface area contributed by atoms with E-state index in [0.717, 1.165) is 11.4 Å². The number of nitrogen functional groups attached to an aromatic ring is 2. The third-order valence-corrected chi connectivity index (χ3v) is 7.59. The number of allylic oxidation sites excluding steroid dienone is 1. The van der Waals surface area contributed by atoms with Gasteiger partial charge in [-0.15, -0.1) is 0 Å². The van der Waals surface area contributed by atoms with E-state index < -0.39 is 7.15 Å². The molecule has 2 aliphatic rings. The Kier molecular flexibility index (Phi) is 9.51. The lowest BCUT2D eigenvalue weighted by atomic mass is 9.83. The molecule has 1 heterocycles. The molecule has 0 aliphatic heterocycles. The first-order valence-corrected chi connectivity index (χ1v) is 14.2. The summed E-state index contributed by atoms with van der Waals surface area (Å²) in [6, 6.07) is 20.2. The first-order valence-electron chi connectivity index (χ1n) is 14.9. The maximum absolute atomic E-state index is 12.8. The van der Waals surface area contributed by atoms with Gasteiger partial charge in [0.25, 0.3) is 0 Å². The summed E-state index contributed by atoms with van der Waals surface area (Å²) < 4.78 is 15.5. The average Bonchev–Trinajstić information content (AvgIpc) is 3.08. The molecule has 4 N–H and O–H groups in total. The van der Waals surface area contributed by atoms with Crippen molar-refractivity contribution in [3.63, 3.8) is 0 Å². The van der Waals surface area contributed by atoms with Crippen molar-refractivity contribution in [3.8, 4) is 0 Å². The Labute approximate surface area is 271 Å². The van der Waals surface area contributed by atoms with Crippen LogP contribution in [0.5, 0.6) is 0 Å². The van der Waals surface area contributed by atoms with Crippen LogP contribution in [0.3, 0.4) is 0 Å². The second kappa shape index (κ2) is 13.9. The molecule has 0 spiro atoms. The van der Waals surface area contributed by atoms with Crippen LogP contribution in [0.15, 0.2) is 85.5 Å². The topological polar surface area (TPSA) is 163 Å². The minimum absolute atomic E-state index is 0.0185. The first-order chi connectivity index (χ1) is 22.9. The minimum atomic E-state index is -1.00. The molecule has 0 atom stereocenters. The van der Waals surface area contributed by atoms with E-state index in [1.54, 1.807) is 72.8 Å². The number of rotatable bonds is 1. The van der Waals surface area contributed by atoms with Crippen molar-refractivity contribution in [2.24, 2.45) is 0 Å². The molecule has 47 heavy (non-hydrogen) atoms. The third kappa shape index (κ3) is 6.21. The van der Waals surface area contributed by atoms with E-state index in [-0.39, 0.29) is 40.2 Å². The Morgan fingerprint density at radius 2 is 1.11 bits per heavy atom. The molecule has 0 radical (unpaired) electrons. The zero-order valence-electron chi connectivity index (χ0n) is 26.9. The molecule has 0 bridgehead atoms. The van der Waals surface area contributed by atoms with Gasteiger partial charge in [0.1, 0.15) is 5.52 Å². The predicted molar refractivity (Wildman–Crippen MR) is 179 cm³/mol. The first kappa shape index (κ1) is 32.2. The minimum Gasteiger partial charge on any atom is -0.397 e. The second-order valence-corrected chi connectivity index (χ2v) is 10.5. The number of nitrogens with two attached hydrogens (primary N) is 2. The van der Waals surface area contributed by atoms with Crippen LogP contribution < -0.4 is 11.5 Å². The molecule has 9 nitrogen and oxygen atoms in total. The van der Waals surface area contributed by atoms with Crippen molar-refractivity contribution in [3.05, 3.63) is 141 Å². The molecule has 0 amide bonds. The number of hydrogen-bond acceptors (Lipinski definition) is 9. The fraction of sp³-hybridized carbons (Fsp3) is 0.108. The van der Waals surface area contributed by atoms with Gasteiger partial charge in [-0.2, -0.15) is 0 Å². The average molecular weight is 632 g/mol. The SMILES string of the molecule is C=CC(C)=O.Cc1nc2ccc3c(c2nc1C)C(=O)c1ccccc1C3=O.Nc1ccc2c(c1N)C(=O)c1ccccc1C2=O.[2H]CF. The summed E-state index contributed by atoms with van der Waals surface area (Å²) in [7, 11) is -1.00. The van der Waals surface area contributed by atoms with Crippen LogP contribution in [0.4, 0.5) is 15.8 Å². The molecular weight excluding hydrogens is 599 g/mol. The van der Waals surface area contributed by atoms with Gasteiger partial charge < -0.3 is 11.5 Å². The van der Waals surface area contributed by atoms with Crippen molar-refractivity contribution in [2.45, 2.75) is 20.8 Å². The summed E-state index contributed by atoms with van der Waals surface area (Å²) in [5, 5.41) is 0. The number of nitrogens with zero attached hydrogens (tertiary/aromatic N) is 2. The number of halogens is 1. The van der Waals surface area contributed by atoms with Gasteiger partial charge in [-0.05, 0) is 51.1 Å². The van der Waals surface area contributed by atoms with Gasteiger partial charge in [-0.3, -0.25) is 28.4 Å². The van der Waals surface area contributed by atoms with Gasteiger partial charge in [-0.25, -0.2) is 9.97 Å². The Morgan fingerprint density at radius 1 is 0.702 bits per heavy atom. The number of ketones is 5. The molecule has 0 unspecified atom stereocenters. The lowest BCUT2D eigenvalue weighted by molar-refractivity contribution is -0.112. The van der Waals surface area contributed by atoms with Crippen LogP contribution in [-0.2, 0) is 4.79 Å². The molecule has 0 saturated carbocycles. The van der Waals surface area contributed by atoms with Crippen LogP contribution in [0, 0.1) is 13.8 Å². The molecule has 2 aliphatic carbocycles. The molecule has 4 aromatic carbocycles. The van der Waals surface area contributed by atoms with Gasteiger partial charge in [0.15, 0.2) is 28.9 Å². The number of carbonyl (C=O) groups is 5. The summed E-state index contributed by atoms with van der Waals surface area (Å²) in [6.45, 7) is 8.41. The van der Waals surface area contributed by atoms with E-state index in [1.165, 1.54) is 13.0 Å². The van der Waals surface area contributed by atoms with Crippen molar-refractivity contribution in [2.75, 3.05) is 18.6 Å². The van der Waals surface area contributed by atoms with E-state index in [9.17, 15) is 28.4 Å². The molecule has 1 aromatic heterocycles. The predicted octanol–water partition coefficient (Wildman–Crippen LogP) is 6.00. The van der Waals surface area contributed by atoms with E-state index in [1.807, 2.05) is 13.8 Å². The number of fused-ring (bicyclic) bond motifs is 6. The van der Waals surface area contributed by atoms with Crippen molar-refractivity contribution in [1.82, 2.24) is 9.97 Å². The molecule has 5 aromatic rings. The monoisotopic (exact) mass is 631 g/mol. The Balaban J connectivity index is 0.000000180. The van der Waals surface area contributed by atoms with E-state index in [0.29, 0.717) is 55.7 Å². The summed E-state index contributed by atoms with van der Waals surface area (Å²) >= 11 is 0. The Hall–Kier alpha value is -6.16. The van der Waals surface area contributed by atoms with Crippen LogP contribution in [0.25, 0.3) is 11.0 Å². The van der Waals surface area contributed by atoms with Crippen molar-refractivity contribution >= 4 is 51.3 Å². The Bertz CT molecular complexity index is 2160. The largest absolute Gasteiger partial charge is 0.397 e. The highest BCUT2D eigenvalue weighted by atomic mass is 19.1. The van der Waals surface area contributed by atoms with Crippen LogP contribution >= 0.6 is 0 Å². The van der Waals surface area contributed by atoms with Gasteiger partial charge in [0, 0.05) is 33.4 Å². The number of carbonyl (C=O) groups excluding carboxylic acids is 5. The molecule has 10 heteroatoms. The summed E-state index contributed by atoms with van der Waals surface area (Å²) in [5.74, 6) is -0.706. The van der Waals surface area contributed by atoms with E-state index >= 15 is 0 Å². The standard InChI is InChI=1S/C18H12N2O2.C14H10N2O2.C4H6O.CH3F/c1-9-10(2)20-16-14(19-9)8-7-13-15(16)18(22)12-6-4-3-5-11(12)17(13)21;15-10-6-5-9-11(12(10)16)14(18)8-4-2-1-3-7(8)13(9)17;1-3-4(2)5;1-2/h3-8H,1-2H3;1-6H,15-16H2;3H,1H2,2H3;1H3/i;;;1D. The number of alkyl halides is 1. The van der Waals surface area contributed by atoms with Gasteiger partial charge in [-0.1, -0.05) is 55.1 Å². The van der Waals surface area contributed by atoms with Crippen molar-refractivity contribution < 1.29 is 29.7 Å². The highest BCUT2D eigenvalue weighted by Gasteiger charge is 2.32. The number of benzene rings is 4. The van der Waals surface area contributed by atoms with Gasteiger partial charge >= 0.3 is 0 Å². The molecule has 0 saturated heterocycles. The fourth-order valence-corrected chi connectivity index (χ4v) is 5.10. The third-order valence-electron chi connectivity index (χ3n) is 7.59. The maximum atomic E-state index is 12.8. The summed E-state index contributed by atoms with van der Waals surface area (Å²) in [6.07, 6.45) is 1.28. The van der Waals surface area contributed by atoms with Crippen molar-refractivity contribution in [1.29, 1.82) is 0 Å². The fourth-order valence-electron chi connectivity index (χ4n) is 5.10. The zero-order chi connectivity index (χ0) is 35.3. The smallest absolute Gasteiger partial charge is 0.196 e. The second-order valence-electron chi connectivity index (χ2n) is 10.5. The van der Waals surface area contributed by atoms with Crippen LogP contribution in [0.2, 0.25) is 0 Å². The molecule has 236 valence electrons. The number of anilines is 2. The maximum Gasteiger partial charge on any atom is 0.196 e. The highest BCUT2D eigenvalue weighted by molar-refractivity contribution is 6.32. The van der Waals surface area contributed by atoms with Gasteiger partial charge in [0.2, 0.25) is 0 Å². The summed E-state index contributed by atoms with van der Waals surface area (Å²) in [5.41, 5.74) is 17.7. The number of hydrogen-bond donors (Lipinski definition) is 2. The van der Waals surface area contributed by atoms with E-state index in [4.69, 9.17) is 12.8 Å². The molecule has 0 fully saturated rings.